The van der Waals surface area contributed by atoms with Crippen LogP contribution in [-0.2, 0) is 12.8 Å². The molecule has 2 heteroatoms. The van der Waals surface area contributed by atoms with Crippen LogP contribution >= 0.6 is 0 Å². The van der Waals surface area contributed by atoms with Gasteiger partial charge in [-0.05, 0) is 68.9 Å². The summed E-state index contributed by atoms with van der Waals surface area (Å²) >= 11 is 0. The highest BCUT2D eigenvalue weighted by molar-refractivity contribution is 5.39. The van der Waals surface area contributed by atoms with Gasteiger partial charge in [0.25, 0.3) is 0 Å². The average molecular weight is 285 g/mol. The van der Waals surface area contributed by atoms with E-state index in [1.54, 1.807) is 6.07 Å². The molecule has 0 aromatic heterocycles. The fourth-order valence-electron chi connectivity index (χ4n) is 3.03. The quantitative estimate of drug-likeness (QED) is 0.892. The van der Waals surface area contributed by atoms with Crippen molar-refractivity contribution in [3.05, 3.63) is 70.0 Å². The Morgan fingerprint density at radius 1 is 1.00 bits per heavy atom. The Hall–Kier alpha value is -1.67. The predicted molar refractivity (Wildman–Crippen MR) is 87.1 cm³/mol. The Bertz CT molecular complexity index is 621. The van der Waals surface area contributed by atoms with Gasteiger partial charge in [-0.3, -0.25) is 0 Å². The number of nitrogens with two attached hydrogens (primary N) is 1. The smallest absolute Gasteiger partial charge is 0.126 e. The first kappa shape index (κ1) is 15.7. The molecule has 1 atom stereocenters. The van der Waals surface area contributed by atoms with Crippen LogP contribution in [0.25, 0.3) is 0 Å². The minimum atomic E-state index is -0.465. The molecular weight excluding hydrogens is 261 g/mol. The topological polar surface area (TPSA) is 26.0 Å². The van der Waals surface area contributed by atoms with Crippen LogP contribution in [0.1, 0.15) is 34.7 Å². The molecule has 0 spiro atoms. The van der Waals surface area contributed by atoms with E-state index in [0.717, 1.165) is 6.42 Å². The second-order valence-corrected chi connectivity index (χ2v) is 6.48. The van der Waals surface area contributed by atoms with Crippen LogP contribution < -0.4 is 5.73 Å². The van der Waals surface area contributed by atoms with Crippen molar-refractivity contribution in [1.29, 1.82) is 0 Å². The minimum absolute atomic E-state index is 0.175. The van der Waals surface area contributed by atoms with Gasteiger partial charge in [0.15, 0.2) is 0 Å². The third-order valence-corrected chi connectivity index (χ3v) is 3.97. The number of hydrogen-bond acceptors (Lipinski definition) is 1. The lowest BCUT2D eigenvalue weighted by Crippen LogP contribution is -2.41. The van der Waals surface area contributed by atoms with Crippen LogP contribution in [0.4, 0.5) is 4.39 Å². The lowest BCUT2D eigenvalue weighted by molar-refractivity contribution is 0.449. The molecule has 0 amide bonds. The molecule has 2 aromatic carbocycles. The molecule has 2 aromatic rings. The van der Waals surface area contributed by atoms with Crippen LogP contribution in [-0.4, -0.2) is 5.54 Å². The summed E-state index contributed by atoms with van der Waals surface area (Å²) in [4.78, 5) is 0. The summed E-state index contributed by atoms with van der Waals surface area (Å²) in [7, 11) is 0. The lowest BCUT2D eigenvalue weighted by Gasteiger charge is -2.27. The summed E-state index contributed by atoms with van der Waals surface area (Å²) in [6.45, 7) is 8.34. The third kappa shape index (κ3) is 3.92. The van der Waals surface area contributed by atoms with E-state index in [-0.39, 0.29) is 5.82 Å². The molecule has 2 rings (SSSR count). The maximum Gasteiger partial charge on any atom is 0.126 e. The molecule has 0 aliphatic carbocycles. The summed E-state index contributed by atoms with van der Waals surface area (Å²) in [5.41, 5.74) is 11.7. The largest absolute Gasteiger partial charge is 0.325 e. The highest BCUT2D eigenvalue weighted by atomic mass is 19.1. The first-order valence-electron chi connectivity index (χ1n) is 7.37. The van der Waals surface area contributed by atoms with E-state index in [2.05, 4.69) is 32.9 Å². The number of halogens is 1. The van der Waals surface area contributed by atoms with Gasteiger partial charge < -0.3 is 5.73 Å². The minimum Gasteiger partial charge on any atom is -0.325 e. The number of rotatable bonds is 4. The molecule has 1 unspecified atom stereocenters. The maximum atomic E-state index is 13.8. The Kier molecular flexibility index (Phi) is 4.48. The van der Waals surface area contributed by atoms with Gasteiger partial charge in [-0.1, -0.05) is 35.9 Å². The second-order valence-electron chi connectivity index (χ2n) is 6.48. The normalized spacial score (nSPS) is 14.0. The van der Waals surface area contributed by atoms with Crippen molar-refractivity contribution in [2.24, 2.45) is 5.73 Å². The average Bonchev–Trinajstić information content (AvgIpc) is 2.36. The lowest BCUT2D eigenvalue weighted by atomic mass is 9.84. The Morgan fingerprint density at radius 3 is 2.14 bits per heavy atom. The molecule has 112 valence electrons. The SMILES string of the molecule is Cc1cc(C)c(CC(C)(N)Cc2ccccc2F)c(C)c1. The molecule has 0 bridgehead atoms. The zero-order valence-electron chi connectivity index (χ0n) is 13.3. The summed E-state index contributed by atoms with van der Waals surface area (Å²) in [6.07, 6.45) is 1.28. The summed E-state index contributed by atoms with van der Waals surface area (Å²) < 4.78 is 13.8. The standard InChI is InChI=1S/C19H24FN/c1-13-9-14(2)17(15(3)10-13)12-19(4,21)11-16-7-5-6-8-18(16)20/h5-10H,11-12,21H2,1-4H3. The summed E-state index contributed by atoms with van der Waals surface area (Å²) in [5, 5.41) is 0. The molecule has 0 saturated heterocycles. The van der Waals surface area contributed by atoms with Gasteiger partial charge in [-0.25, -0.2) is 4.39 Å². The Balaban J connectivity index is 2.24. The maximum absolute atomic E-state index is 13.8. The van der Waals surface area contributed by atoms with Crippen molar-refractivity contribution >= 4 is 0 Å². The Morgan fingerprint density at radius 2 is 1.57 bits per heavy atom. The van der Waals surface area contributed by atoms with Crippen LogP contribution in [0, 0.1) is 26.6 Å². The van der Waals surface area contributed by atoms with Crippen LogP contribution in [0.2, 0.25) is 0 Å². The fraction of sp³-hybridized carbons (Fsp3) is 0.368. The van der Waals surface area contributed by atoms with Crippen LogP contribution in [0.15, 0.2) is 36.4 Å². The van der Waals surface area contributed by atoms with Gasteiger partial charge in [0.2, 0.25) is 0 Å². The van der Waals surface area contributed by atoms with E-state index >= 15 is 0 Å². The first-order valence-corrected chi connectivity index (χ1v) is 7.37. The molecule has 0 heterocycles. The molecule has 0 fully saturated rings. The van der Waals surface area contributed by atoms with E-state index in [9.17, 15) is 4.39 Å². The van der Waals surface area contributed by atoms with Gasteiger partial charge >= 0.3 is 0 Å². The highest BCUT2D eigenvalue weighted by Gasteiger charge is 2.23. The van der Waals surface area contributed by atoms with Gasteiger partial charge in [0.1, 0.15) is 5.82 Å². The van der Waals surface area contributed by atoms with Crippen molar-refractivity contribution in [2.45, 2.75) is 46.1 Å². The molecular formula is C19H24FN. The first-order chi connectivity index (χ1) is 9.78. The van der Waals surface area contributed by atoms with Crippen molar-refractivity contribution in [3.63, 3.8) is 0 Å². The molecule has 21 heavy (non-hydrogen) atoms. The molecule has 0 aliphatic rings. The highest BCUT2D eigenvalue weighted by Crippen LogP contribution is 2.24. The molecule has 2 N–H and O–H groups in total. The molecule has 0 aliphatic heterocycles. The van der Waals surface area contributed by atoms with E-state index in [4.69, 9.17) is 5.73 Å². The van der Waals surface area contributed by atoms with Crippen molar-refractivity contribution in [1.82, 2.24) is 0 Å². The van der Waals surface area contributed by atoms with Gasteiger partial charge in [0.05, 0.1) is 0 Å². The second kappa shape index (κ2) is 5.98. The number of hydrogen-bond donors (Lipinski definition) is 1. The van der Waals surface area contributed by atoms with E-state index in [1.807, 2.05) is 19.1 Å². The monoisotopic (exact) mass is 285 g/mol. The number of benzene rings is 2. The summed E-state index contributed by atoms with van der Waals surface area (Å²) in [5.74, 6) is -0.175. The van der Waals surface area contributed by atoms with Gasteiger partial charge in [0, 0.05) is 5.54 Å². The van der Waals surface area contributed by atoms with Crippen LogP contribution in [0.3, 0.4) is 0 Å². The Labute approximate surface area is 127 Å². The number of aryl methyl sites for hydroxylation is 3. The van der Waals surface area contributed by atoms with E-state index in [1.165, 1.54) is 28.3 Å². The van der Waals surface area contributed by atoms with Crippen molar-refractivity contribution in [3.8, 4) is 0 Å². The fourth-order valence-corrected chi connectivity index (χ4v) is 3.03. The van der Waals surface area contributed by atoms with Crippen molar-refractivity contribution in [2.75, 3.05) is 0 Å². The van der Waals surface area contributed by atoms with Gasteiger partial charge in [-0.2, -0.15) is 0 Å². The molecule has 1 nitrogen and oxygen atoms in total. The van der Waals surface area contributed by atoms with Gasteiger partial charge in [-0.15, -0.1) is 0 Å². The third-order valence-electron chi connectivity index (χ3n) is 3.97. The predicted octanol–water partition coefficient (Wildman–Crippen LogP) is 4.25. The van der Waals surface area contributed by atoms with E-state index < -0.39 is 5.54 Å². The van der Waals surface area contributed by atoms with Crippen molar-refractivity contribution < 1.29 is 4.39 Å². The zero-order chi connectivity index (χ0) is 15.6. The zero-order valence-corrected chi connectivity index (χ0v) is 13.3. The van der Waals surface area contributed by atoms with Crippen LogP contribution in [0.5, 0.6) is 0 Å². The van der Waals surface area contributed by atoms with E-state index in [0.29, 0.717) is 12.0 Å². The molecule has 0 radical (unpaired) electrons. The molecule has 0 saturated carbocycles. The summed E-state index contributed by atoms with van der Waals surface area (Å²) in [6, 6.07) is 11.2.